The van der Waals surface area contributed by atoms with Gasteiger partial charge in [0.2, 0.25) is 0 Å². The number of aryl methyl sites for hydroxylation is 2. The van der Waals surface area contributed by atoms with Crippen LogP contribution in [0.5, 0.6) is 0 Å². The summed E-state index contributed by atoms with van der Waals surface area (Å²) < 4.78 is 1.92. The SMILES string of the molecule is N#Cc1cccc(CCn2cnnc2)c1. The van der Waals surface area contributed by atoms with Crippen LogP contribution in [0.2, 0.25) is 0 Å². The number of benzene rings is 1. The van der Waals surface area contributed by atoms with E-state index in [0.29, 0.717) is 5.56 Å². The lowest BCUT2D eigenvalue weighted by Crippen LogP contribution is -1.98. The van der Waals surface area contributed by atoms with Crippen molar-refractivity contribution < 1.29 is 0 Å². The molecule has 4 nitrogen and oxygen atoms in total. The van der Waals surface area contributed by atoms with Crippen LogP contribution in [0.1, 0.15) is 11.1 Å². The van der Waals surface area contributed by atoms with Crippen molar-refractivity contribution in [3.05, 3.63) is 48.0 Å². The van der Waals surface area contributed by atoms with Crippen LogP contribution in [0.25, 0.3) is 0 Å². The standard InChI is InChI=1S/C11H10N4/c12-7-11-3-1-2-10(6-11)4-5-15-8-13-14-9-15/h1-3,6,8-9H,4-5H2. The van der Waals surface area contributed by atoms with Gasteiger partial charge in [0.1, 0.15) is 12.7 Å². The molecule has 0 aliphatic heterocycles. The molecule has 0 bridgehead atoms. The summed E-state index contributed by atoms with van der Waals surface area (Å²) >= 11 is 0. The molecule has 0 aliphatic rings. The highest BCUT2D eigenvalue weighted by Gasteiger charge is 1.96. The van der Waals surface area contributed by atoms with E-state index in [1.165, 1.54) is 0 Å². The van der Waals surface area contributed by atoms with Crippen molar-refractivity contribution >= 4 is 0 Å². The Labute approximate surface area is 87.8 Å². The van der Waals surface area contributed by atoms with Gasteiger partial charge in [-0.15, -0.1) is 10.2 Å². The second-order valence-electron chi connectivity index (χ2n) is 3.26. The molecule has 0 N–H and O–H groups in total. The van der Waals surface area contributed by atoms with Crippen LogP contribution >= 0.6 is 0 Å². The van der Waals surface area contributed by atoms with E-state index in [4.69, 9.17) is 5.26 Å². The maximum atomic E-state index is 8.74. The molecule has 0 radical (unpaired) electrons. The summed E-state index contributed by atoms with van der Waals surface area (Å²) in [5.41, 5.74) is 1.86. The van der Waals surface area contributed by atoms with Crippen molar-refractivity contribution in [3.63, 3.8) is 0 Å². The number of aromatic nitrogens is 3. The first-order valence-electron chi connectivity index (χ1n) is 4.70. The molecule has 0 saturated heterocycles. The van der Waals surface area contributed by atoms with Crippen LogP contribution in [0.4, 0.5) is 0 Å². The fourth-order valence-corrected chi connectivity index (χ4v) is 1.39. The van der Waals surface area contributed by atoms with E-state index in [2.05, 4.69) is 16.3 Å². The first-order valence-corrected chi connectivity index (χ1v) is 4.70. The fourth-order valence-electron chi connectivity index (χ4n) is 1.39. The molecule has 2 aromatic rings. The molecule has 15 heavy (non-hydrogen) atoms. The Bertz CT molecular complexity index is 468. The minimum absolute atomic E-state index is 0.705. The molecule has 0 amide bonds. The lowest BCUT2D eigenvalue weighted by molar-refractivity contribution is 0.693. The Kier molecular flexibility index (Phi) is 2.75. The van der Waals surface area contributed by atoms with Gasteiger partial charge < -0.3 is 4.57 Å². The van der Waals surface area contributed by atoms with Gasteiger partial charge >= 0.3 is 0 Å². The van der Waals surface area contributed by atoms with Gasteiger partial charge in [-0.05, 0) is 24.1 Å². The smallest absolute Gasteiger partial charge is 0.119 e. The molecule has 1 aromatic carbocycles. The number of hydrogen-bond donors (Lipinski definition) is 0. The number of nitrogens with zero attached hydrogens (tertiary/aromatic N) is 4. The van der Waals surface area contributed by atoms with Gasteiger partial charge in [-0.1, -0.05) is 12.1 Å². The Balaban J connectivity index is 2.02. The summed E-state index contributed by atoms with van der Waals surface area (Å²) in [6.45, 7) is 0.835. The lowest BCUT2D eigenvalue weighted by atomic mass is 10.1. The lowest BCUT2D eigenvalue weighted by Gasteiger charge is -2.01. The highest BCUT2D eigenvalue weighted by Crippen LogP contribution is 2.05. The highest BCUT2D eigenvalue weighted by atomic mass is 15.2. The number of nitriles is 1. The van der Waals surface area contributed by atoms with Crippen molar-refractivity contribution in [2.24, 2.45) is 0 Å². The van der Waals surface area contributed by atoms with Gasteiger partial charge in [0.05, 0.1) is 11.6 Å². The van der Waals surface area contributed by atoms with Crippen LogP contribution in [-0.2, 0) is 13.0 Å². The second-order valence-corrected chi connectivity index (χ2v) is 3.26. The maximum absolute atomic E-state index is 8.74. The van der Waals surface area contributed by atoms with E-state index in [1.807, 2.05) is 28.8 Å². The largest absolute Gasteiger partial charge is 0.320 e. The van der Waals surface area contributed by atoms with Crippen molar-refractivity contribution in [1.82, 2.24) is 14.8 Å². The summed E-state index contributed by atoms with van der Waals surface area (Å²) in [6, 6.07) is 9.77. The molecule has 0 atom stereocenters. The predicted molar refractivity (Wildman–Crippen MR) is 54.9 cm³/mol. The average molecular weight is 198 g/mol. The van der Waals surface area contributed by atoms with Crippen molar-refractivity contribution in [1.29, 1.82) is 5.26 Å². The van der Waals surface area contributed by atoms with Gasteiger partial charge in [-0.3, -0.25) is 0 Å². The Morgan fingerprint density at radius 3 is 2.80 bits per heavy atom. The van der Waals surface area contributed by atoms with Crippen LogP contribution in [0, 0.1) is 11.3 Å². The van der Waals surface area contributed by atoms with E-state index in [9.17, 15) is 0 Å². The van der Waals surface area contributed by atoms with Gasteiger partial charge in [0.15, 0.2) is 0 Å². The minimum atomic E-state index is 0.705. The number of hydrogen-bond acceptors (Lipinski definition) is 3. The van der Waals surface area contributed by atoms with Gasteiger partial charge in [-0.2, -0.15) is 5.26 Å². The van der Waals surface area contributed by atoms with Crippen LogP contribution < -0.4 is 0 Å². The molecule has 2 rings (SSSR count). The first-order chi connectivity index (χ1) is 7.38. The Morgan fingerprint density at radius 2 is 2.07 bits per heavy atom. The van der Waals surface area contributed by atoms with Crippen LogP contribution in [0.3, 0.4) is 0 Å². The normalized spacial score (nSPS) is 9.80. The highest BCUT2D eigenvalue weighted by molar-refractivity contribution is 5.32. The molecule has 1 heterocycles. The summed E-state index contributed by atoms with van der Waals surface area (Å²) in [6.07, 6.45) is 4.26. The maximum Gasteiger partial charge on any atom is 0.119 e. The average Bonchev–Trinajstić information content (AvgIpc) is 2.79. The van der Waals surface area contributed by atoms with Gasteiger partial charge in [-0.25, -0.2) is 0 Å². The topological polar surface area (TPSA) is 54.5 Å². The third-order valence-corrected chi connectivity index (χ3v) is 2.18. The minimum Gasteiger partial charge on any atom is -0.320 e. The zero-order valence-corrected chi connectivity index (χ0v) is 8.17. The summed E-state index contributed by atoms with van der Waals surface area (Å²) in [5, 5.41) is 16.2. The van der Waals surface area contributed by atoms with E-state index in [-0.39, 0.29) is 0 Å². The number of rotatable bonds is 3. The van der Waals surface area contributed by atoms with E-state index >= 15 is 0 Å². The summed E-state index contributed by atoms with van der Waals surface area (Å²) in [7, 11) is 0. The molecule has 0 fully saturated rings. The van der Waals surface area contributed by atoms with Gasteiger partial charge in [0.25, 0.3) is 0 Å². The van der Waals surface area contributed by atoms with Crippen molar-refractivity contribution in [2.45, 2.75) is 13.0 Å². The molecule has 0 spiro atoms. The van der Waals surface area contributed by atoms with Crippen molar-refractivity contribution in [2.75, 3.05) is 0 Å². The molecular weight excluding hydrogens is 188 g/mol. The third-order valence-electron chi connectivity index (χ3n) is 2.18. The zero-order valence-electron chi connectivity index (χ0n) is 8.17. The first kappa shape index (κ1) is 9.41. The third kappa shape index (κ3) is 2.41. The van der Waals surface area contributed by atoms with E-state index in [1.54, 1.807) is 12.7 Å². The molecule has 0 unspecified atom stereocenters. The predicted octanol–water partition coefficient (Wildman–Crippen LogP) is 1.39. The van der Waals surface area contributed by atoms with Crippen LogP contribution in [0.15, 0.2) is 36.9 Å². The Hall–Kier alpha value is -2.15. The van der Waals surface area contributed by atoms with E-state index < -0.39 is 0 Å². The second kappa shape index (κ2) is 4.38. The molecule has 74 valence electrons. The fraction of sp³-hybridized carbons (Fsp3) is 0.182. The Morgan fingerprint density at radius 1 is 1.27 bits per heavy atom. The molecule has 0 aliphatic carbocycles. The quantitative estimate of drug-likeness (QED) is 0.748. The molecule has 1 aromatic heterocycles. The zero-order chi connectivity index (χ0) is 10.5. The summed E-state index contributed by atoms with van der Waals surface area (Å²) in [5.74, 6) is 0. The van der Waals surface area contributed by atoms with Crippen molar-refractivity contribution in [3.8, 4) is 6.07 Å². The molecular formula is C11H10N4. The van der Waals surface area contributed by atoms with Crippen LogP contribution in [-0.4, -0.2) is 14.8 Å². The monoisotopic (exact) mass is 198 g/mol. The van der Waals surface area contributed by atoms with Gasteiger partial charge in [0, 0.05) is 6.54 Å². The van der Waals surface area contributed by atoms with E-state index in [0.717, 1.165) is 18.5 Å². The molecule has 0 saturated carbocycles. The summed E-state index contributed by atoms with van der Waals surface area (Å²) in [4.78, 5) is 0. The molecule has 4 heteroatoms.